The largest absolute Gasteiger partial charge is 0.493 e. The highest BCUT2D eigenvalue weighted by Crippen LogP contribution is 2.38. The van der Waals surface area contributed by atoms with E-state index in [9.17, 15) is 0 Å². The lowest BCUT2D eigenvalue weighted by Gasteiger charge is -2.13. The topological polar surface area (TPSA) is 18.5 Å². The first kappa shape index (κ1) is 29.0. The molecule has 0 aromatic heterocycles. The molecule has 2 rings (SSSR count). The van der Waals surface area contributed by atoms with Gasteiger partial charge in [-0.25, -0.2) is 0 Å². The van der Waals surface area contributed by atoms with Gasteiger partial charge < -0.3 is 9.47 Å². The van der Waals surface area contributed by atoms with Gasteiger partial charge in [0.15, 0.2) is 0 Å². The van der Waals surface area contributed by atoms with Crippen LogP contribution < -0.4 is 9.47 Å². The molecular weight excluding hydrogens is 456 g/mol. The van der Waals surface area contributed by atoms with Crippen molar-refractivity contribution in [2.24, 2.45) is 11.8 Å². The Morgan fingerprint density at radius 3 is 1.29 bits per heavy atom. The lowest BCUT2D eigenvalue weighted by molar-refractivity contribution is 0.248. The van der Waals surface area contributed by atoms with Crippen LogP contribution in [0.4, 0.5) is 0 Å². The summed E-state index contributed by atoms with van der Waals surface area (Å²) < 4.78 is 12.0. The van der Waals surface area contributed by atoms with Gasteiger partial charge in [0.1, 0.15) is 11.5 Å². The second kappa shape index (κ2) is 18.1. The molecule has 2 aromatic rings. The fourth-order valence-corrected chi connectivity index (χ4v) is 5.69. The van der Waals surface area contributed by atoms with E-state index in [1.165, 1.54) is 74.0 Å². The van der Waals surface area contributed by atoms with Gasteiger partial charge in [0.05, 0.1) is 13.2 Å². The summed E-state index contributed by atoms with van der Waals surface area (Å²) in [6, 6.07) is 17.0. The number of ether oxygens (including phenoxy) is 2. The van der Waals surface area contributed by atoms with Crippen molar-refractivity contribution in [3.8, 4) is 11.5 Å². The number of hydrogen-bond donors (Lipinski definition) is 0. The van der Waals surface area contributed by atoms with E-state index in [2.05, 4.69) is 76.2 Å². The normalized spacial score (nSPS) is 12.9. The molecule has 0 saturated carbocycles. The van der Waals surface area contributed by atoms with Crippen LogP contribution in [0.2, 0.25) is 0 Å². The molecular formula is C30H46O2S2. The molecule has 2 unspecified atom stereocenters. The third kappa shape index (κ3) is 13.0. The van der Waals surface area contributed by atoms with Crippen LogP contribution in [0.1, 0.15) is 91.9 Å². The fraction of sp³-hybridized carbons (Fsp3) is 0.600. The summed E-state index contributed by atoms with van der Waals surface area (Å²) in [5, 5.41) is 0. The minimum Gasteiger partial charge on any atom is -0.493 e. The predicted molar refractivity (Wildman–Crippen MR) is 151 cm³/mol. The molecule has 190 valence electrons. The average Bonchev–Trinajstić information content (AvgIpc) is 2.86. The molecule has 0 heterocycles. The Balaban J connectivity index is 1.64. The minimum atomic E-state index is 0.613. The fourth-order valence-electron chi connectivity index (χ4n) is 3.76. The number of hydrogen-bond acceptors (Lipinski definition) is 4. The molecule has 2 nitrogen and oxygen atoms in total. The highest BCUT2D eigenvalue weighted by atomic mass is 33.1. The first-order valence-electron chi connectivity index (χ1n) is 13.4. The number of benzene rings is 2. The molecule has 2 aromatic carbocycles. The molecule has 0 spiro atoms. The Bertz CT molecular complexity index is 680. The third-order valence-electron chi connectivity index (χ3n) is 6.05. The molecule has 0 N–H and O–H groups in total. The first-order valence-corrected chi connectivity index (χ1v) is 15.6. The molecule has 0 aliphatic heterocycles. The van der Waals surface area contributed by atoms with E-state index in [0.717, 1.165) is 24.7 Å². The van der Waals surface area contributed by atoms with Crippen molar-refractivity contribution in [2.45, 2.75) is 102 Å². The molecule has 0 aliphatic rings. The van der Waals surface area contributed by atoms with Gasteiger partial charge in [-0.1, -0.05) is 101 Å². The quantitative estimate of drug-likeness (QED) is 0.140. The Morgan fingerprint density at radius 2 is 0.941 bits per heavy atom. The van der Waals surface area contributed by atoms with E-state index >= 15 is 0 Å². The Labute approximate surface area is 217 Å². The van der Waals surface area contributed by atoms with Crippen molar-refractivity contribution in [2.75, 3.05) is 13.2 Å². The van der Waals surface area contributed by atoms with Gasteiger partial charge in [-0.3, -0.25) is 0 Å². The zero-order valence-electron chi connectivity index (χ0n) is 21.9. The molecule has 0 radical (unpaired) electrons. The highest BCUT2D eigenvalue weighted by Gasteiger charge is 2.06. The van der Waals surface area contributed by atoms with Crippen molar-refractivity contribution in [3.63, 3.8) is 0 Å². The summed E-state index contributed by atoms with van der Waals surface area (Å²) in [6.45, 7) is 10.7. The Kier molecular flexibility index (Phi) is 15.4. The van der Waals surface area contributed by atoms with Gasteiger partial charge in [0.25, 0.3) is 0 Å². The molecule has 34 heavy (non-hydrogen) atoms. The lowest BCUT2D eigenvalue weighted by Crippen LogP contribution is -2.08. The summed E-state index contributed by atoms with van der Waals surface area (Å²) in [6.07, 6.45) is 13.1. The molecule has 0 amide bonds. The van der Waals surface area contributed by atoms with Gasteiger partial charge >= 0.3 is 0 Å². The molecule has 2 atom stereocenters. The van der Waals surface area contributed by atoms with E-state index in [1.54, 1.807) is 21.6 Å². The number of unbranched alkanes of at least 4 members (excludes halogenated alkanes) is 6. The van der Waals surface area contributed by atoms with Crippen molar-refractivity contribution < 1.29 is 9.47 Å². The van der Waals surface area contributed by atoms with Crippen molar-refractivity contribution >= 4 is 21.6 Å². The molecule has 0 aliphatic carbocycles. The average molecular weight is 503 g/mol. The van der Waals surface area contributed by atoms with Crippen LogP contribution in [0.25, 0.3) is 0 Å². The van der Waals surface area contributed by atoms with Crippen molar-refractivity contribution in [1.29, 1.82) is 0 Å². The summed E-state index contributed by atoms with van der Waals surface area (Å²) in [4.78, 5) is 2.48. The van der Waals surface area contributed by atoms with Gasteiger partial charge in [0, 0.05) is 9.79 Å². The maximum atomic E-state index is 6.00. The van der Waals surface area contributed by atoms with Crippen LogP contribution in [0.3, 0.4) is 0 Å². The lowest BCUT2D eigenvalue weighted by atomic mass is 10.0. The van der Waals surface area contributed by atoms with Crippen LogP contribution in [0.5, 0.6) is 11.5 Å². The SMILES string of the molecule is CCCCCCC(C)COc1ccc(SSc2ccc(OCC(C)CCCCCC)cc2)cc1. The monoisotopic (exact) mass is 502 g/mol. The Morgan fingerprint density at radius 1 is 0.559 bits per heavy atom. The van der Waals surface area contributed by atoms with Gasteiger partial charge in [0.2, 0.25) is 0 Å². The molecule has 0 bridgehead atoms. The van der Waals surface area contributed by atoms with Crippen LogP contribution in [-0.4, -0.2) is 13.2 Å². The highest BCUT2D eigenvalue weighted by molar-refractivity contribution is 8.76. The van der Waals surface area contributed by atoms with Gasteiger partial charge in [-0.05, 0) is 73.2 Å². The molecule has 0 saturated heterocycles. The maximum Gasteiger partial charge on any atom is 0.119 e. The second-order valence-electron chi connectivity index (χ2n) is 9.64. The zero-order chi connectivity index (χ0) is 24.4. The summed E-state index contributed by atoms with van der Waals surface area (Å²) in [5.41, 5.74) is 0. The smallest absolute Gasteiger partial charge is 0.119 e. The second-order valence-corrected chi connectivity index (χ2v) is 11.9. The van der Waals surface area contributed by atoms with Crippen LogP contribution in [-0.2, 0) is 0 Å². The standard InChI is InChI=1S/C30H46O2S2/c1-5-7-9-11-13-25(3)23-31-27-15-19-29(20-16-27)33-34-30-21-17-28(18-22-30)32-24-26(4)14-12-10-8-6-2/h15-22,25-26H,5-14,23-24H2,1-4H3. The van der Waals surface area contributed by atoms with Crippen LogP contribution in [0.15, 0.2) is 58.3 Å². The zero-order valence-corrected chi connectivity index (χ0v) is 23.5. The third-order valence-corrected chi connectivity index (χ3v) is 8.47. The van der Waals surface area contributed by atoms with Crippen LogP contribution >= 0.6 is 21.6 Å². The first-order chi connectivity index (χ1) is 16.6. The van der Waals surface area contributed by atoms with E-state index in [0.29, 0.717) is 11.8 Å². The van der Waals surface area contributed by atoms with E-state index in [4.69, 9.17) is 9.47 Å². The molecule has 4 heteroatoms. The maximum absolute atomic E-state index is 6.00. The van der Waals surface area contributed by atoms with Gasteiger partial charge in [-0.2, -0.15) is 0 Å². The van der Waals surface area contributed by atoms with E-state index in [-0.39, 0.29) is 0 Å². The Hall–Kier alpha value is -1.26. The van der Waals surface area contributed by atoms with E-state index in [1.807, 2.05) is 0 Å². The molecule has 0 fully saturated rings. The summed E-state index contributed by atoms with van der Waals surface area (Å²) in [7, 11) is 3.56. The summed E-state index contributed by atoms with van der Waals surface area (Å²) >= 11 is 0. The summed E-state index contributed by atoms with van der Waals surface area (Å²) in [5.74, 6) is 3.16. The van der Waals surface area contributed by atoms with Crippen LogP contribution in [0, 0.1) is 11.8 Å². The number of rotatable bonds is 19. The minimum absolute atomic E-state index is 0.613. The van der Waals surface area contributed by atoms with Crippen molar-refractivity contribution in [1.82, 2.24) is 0 Å². The predicted octanol–water partition coefficient (Wildman–Crippen LogP) is 10.5. The van der Waals surface area contributed by atoms with Gasteiger partial charge in [-0.15, -0.1) is 0 Å². The van der Waals surface area contributed by atoms with Crippen molar-refractivity contribution in [3.05, 3.63) is 48.5 Å². The van der Waals surface area contributed by atoms with E-state index < -0.39 is 0 Å².